The minimum atomic E-state index is -4.54. The lowest BCUT2D eigenvalue weighted by Gasteiger charge is -2.30. The molecule has 0 aliphatic heterocycles. The number of fused-ring (bicyclic) bond motifs is 3. The molecule has 0 amide bonds. The molecule has 0 atom stereocenters. The van der Waals surface area contributed by atoms with E-state index >= 15 is 0 Å². The first-order valence-corrected chi connectivity index (χ1v) is 13.7. The molecule has 1 aromatic heterocycles. The van der Waals surface area contributed by atoms with Crippen LogP contribution in [0.15, 0.2) is 144 Å². The zero-order valence-corrected chi connectivity index (χ0v) is 22.6. The van der Waals surface area contributed by atoms with Crippen molar-refractivity contribution in [1.82, 2.24) is 0 Å². The topological polar surface area (TPSA) is 16.4 Å². The smallest absolute Gasteiger partial charge is 0.416 e. The van der Waals surface area contributed by atoms with Gasteiger partial charge in [-0.05, 0) is 65.7 Å². The molecule has 6 heteroatoms. The summed E-state index contributed by atoms with van der Waals surface area (Å²) < 4.78 is 63.0. The Morgan fingerprint density at radius 3 is 1.77 bits per heavy atom. The molecule has 0 fully saturated rings. The normalized spacial score (nSPS) is 11.7. The Morgan fingerprint density at radius 2 is 1.09 bits per heavy atom. The van der Waals surface area contributed by atoms with E-state index < -0.39 is 17.6 Å². The Kier molecular flexibility index (Phi) is 6.47. The van der Waals surface area contributed by atoms with Gasteiger partial charge in [0.2, 0.25) is 0 Å². The lowest BCUT2D eigenvalue weighted by atomic mass is 9.97. The third kappa shape index (κ3) is 4.91. The van der Waals surface area contributed by atoms with Gasteiger partial charge in [0.25, 0.3) is 0 Å². The number of rotatable bonds is 5. The zero-order valence-electron chi connectivity index (χ0n) is 22.6. The Hall–Kier alpha value is -5.36. The first-order chi connectivity index (χ1) is 20.9. The summed E-state index contributed by atoms with van der Waals surface area (Å²) in [5.41, 5.74) is 4.68. The highest BCUT2D eigenvalue weighted by Crippen LogP contribution is 2.47. The molecule has 0 saturated carbocycles. The fraction of sp³-hybridized carbons (Fsp3) is 0.0270. The van der Waals surface area contributed by atoms with Crippen molar-refractivity contribution in [3.63, 3.8) is 0 Å². The van der Waals surface area contributed by atoms with E-state index in [4.69, 9.17) is 4.42 Å². The van der Waals surface area contributed by atoms with Crippen molar-refractivity contribution in [1.29, 1.82) is 0 Å². The molecule has 0 saturated heterocycles. The van der Waals surface area contributed by atoms with E-state index in [2.05, 4.69) is 0 Å². The van der Waals surface area contributed by atoms with Gasteiger partial charge in [0, 0.05) is 33.7 Å². The summed E-state index contributed by atoms with van der Waals surface area (Å²) in [4.78, 5) is 1.87. The van der Waals surface area contributed by atoms with E-state index in [0.29, 0.717) is 39.3 Å². The van der Waals surface area contributed by atoms with Gasteiger partial charge in [-0.15, -0.1) is 0 Å². The quantitative estimate of drug-likeness (QED) is 0.191. The van der Waals surface area contributed by atoms with E-state index in [0.717, 1.165) is 28.0 Å². The summed E-state index contributed by atoms with van der Waals surface area (Å²) in [5.74, 6) is -0.425. The van der Waals surface area contributed by atoms with Gasteiger partial charge in [0.05, 0.1) is 16.9 Å². The molecular formula is C37H23F4NO. The maximum Gasteiger partial charge on any atom is 0.416 e. The first-order valence-electron chi connectivity index (χ1n) is 13.7. The summed E-state index contributed by atoms with van der Waals surface area (Å²) in [6.07, 6.45) is -4.54. The van der Waals surface area contributed by atoms with Crippen LogP contribution < -0.4 is 4.90 Å². The van der Waals surface area contributed by atoms with Crippen LogP contribution in [0, 0.1) is 5.82 Å². The van der Waals surface area contributed by atoms with Crippen molar-refractivity contribution in [3.05, 3.63) is 151 Å². The van der Waals surface area contributed by atoms with Crippen molar-refractivity contribution in [2.45, 2.75) is 6.18 Å². The number of alkyl halides is 3. The van der Waals surface area contributed by atoms with E-state index in [9.17, 15) is 17.6 Å². The van der Waals surface area contributed by atoms with Gasteiger partial charge in [-0.2, -0.15) is 13.2 Å². The molecule has 0 aliphatic rings. The number of anilines is 3. The monoisotopic (exact) mass is 573 g/mol. The lowest BCUT2D eigenvalue weighted by molar-refractivity contribution is -0.137. The van der Waals surface area contributed by atoms with Crippen molar-refractivity contribution < 1.29 is 22.0 Å². The predicted octanol–water partition coefficient (Wildman–Crippen LogP) is 11.5. The molecule has 7 rings (SSSR count). The third-order valence-electron chi connectivity index (χ3n) is 7.55. The van der Waals surface area contributed by atoms with E-state index in [1.807, 2.05) is 83.8 Å². The van der Waals surface area contributed by atoms with Crippen LogP contribution in [0.25, 0.3) is 44.2 Å². The Labute approximate surface area is 245 Å². The SMILES string of the molecule is Fc1ccc(N(c2ccc3c(c2)oc2ccccc23)c2ccc(C(F)(F)F)cc2-c2ccccc2)c(-c2ccccc2)c1. The summed E-state index contributed by atoms with van der Waals surface area (Å²) in [5, 5.41) is 1.87. The molecular weight excluding hydrogens is 550 g/mol. The van der Waals surface area contributed by atoms with Crippen LogP contribution in [-0.4, -0.2) is 0 Å². The molecule has 0 N–H and O–H groups in total. The standard InChI is InChI=1S/C37H23F4NO/c38-27-16-20-34(32(22-27)25-11-5-2-6-12-25)42(28-17-18-30-29-13-7-8-14-35(29)43-36(30)23-28)33-19-15-26(37(39,40)41)21-31(33)24-9-3-1-4-10-24/h1-23H. The van der Waals surface area contributed by atoms with Crippen LogP contribution in [-0.2, 0) is 6.18 Å². The van der Waals surface area contributed by atoms with Gasteiger partial charge in [0.1, 0.15) is 17.0 Å². The Balaban J connectivity index is 1.54. The molecule has 0 unspecified atom stereocenters. The van der Waals surface area contributed by atoms with Crippen molar-refractivity contribution >= 4 is 39.0 Å². The van der Waals surface area contributed by atoms with Crippen molar-refractivity contribution in [3.8, 4) is 22.3 Å². The fourth-order valence-electron chi connectivity index (χ4n) is 5.57. The molecule has 0 spiro atoms. The summed E-state index contributed by atoms with van der Waals surface area (Å²) in [6, 6.07) is 40.0. The number of benzene rings is 6. The molecule has 210 valence electrons. The number of furan rings is 1. The van der Waals surface area contributed by atoms with Gasteiger partial charge >= 0.3 is 6.18 Å². The van der Waals surface area contributed by atoms with Gasteiger partial charge in [0.15, 0.2) is 0 Å². The number of halogens is 4. The fourth-order valence-corrected chi connectivity index (χ4v) is 5.57. The van der Waals surface area contributed by atoms with E-state index in [-0.39, 0.29) is 0 Å². The number of hydrogen-bond acceptors (Lipinski definition) is 2. The molecule has 1 heterocycles. The van der Waals surface area contributed by atoms with Crippen molar-refractivity contribution in [2.75, 3.05) is 4.90 Å². The van der Waals surface area contributed by atoms with Crippen LogP contribution in [0.3, 0.4) is 0 Å². The molecule has 6 aromatic carbocycles. The number of para-hydroxylation sites is 1. The zero-order chi connectivity index (χ0) is 29.6. The number of nitrogens with zero attached hydrogens (tertiary/aromatic N) is 1. The minimum absolute atomic E-state index is 0.378. The molecule has 0 aliphatic carbocycles. The Bertz CT molecular complexity index is 2080. The minimum Gasteiger partial charge on any atom is -0.456 e. The molecule has 7 aromatic rings. The maximum atomic E-state index is 14.8. The largest absolute Gasteiger partial charge is 0.456 e. The van der Waals surface area contributed by atoms with Crippen LogP contribution in [0.2, 0.25) is 0 Å². The molecule has 2 nitrogen and oxygen atoms in total. The van der Waals surface area contributed by atoms with Crippen LogP contribution in [0.4, 0.5) is 34.6 Å². The van der Waals surface area contributed by atoms with E-state index in [1.165, 1.54) is 24.3 Å². The average molecular weight is 574 g/mol. The average Bonchev–Trinajstić information content (AvgIpc) is 3.40. The highest BCUT2D eigenvalue weighted by molar-refractivity contribution is 6.06. The van der Waals surface area contributed by atoms with Gasteiger partial charge in [-0.1, -0.05) is 78.9 Å². The summed E-state index contributed by atoms with van der Waals surface area (Å²) in [7, 11) is 0. The molecule has 0 bridgehead atoms. The van der Waals surface area contributed by atoms with Gasteiger partial charge < -0.3 is 9.32 Å². The third-order valence-corrected chi connectivity index (χ3v) is 7.55. The molecule has 0 radical (unpaired) electrons. The lowest BCUT2D eigenvalue weighted by Crippen LogP contribution is -2.14. The first kappa shape index (κ1) is 26.5. The Morgan fingerprint density at radius 1 is 0.512 bits per heavy atom. The van der Waals surface area contributed by atoms with Crippen molar-refractivity contribution in [2.24, 2.45) is 0 Å². The highest BCUT2D eigenvalue weighted by Gasteiger charge is 2.32. The summed E-state index contributed by atoms with van der Waals surface area (Å²) in [6.45, 7) is 0. The predicted molar refractivity (Wildman–Crippen MR) is 164 cm³/mol. The van der Waals surface area contributed by atoms with Gasteiger partial charge in [-0.3, -0.25) is 0 Å². The van der Waals surface area contributed by atoms with E-state index in [1.54, 1.807) is 30.3 Å². The van der Waals surface area contributed by atoms with Gasteiger partial charge in [-0.25, -0.2) is 4.39 Å². The molecule has 43 heavy (non-hydrogen) atoms. The second-order valence-electron chi connectivity index (χ2n) is 10.2. The van der Waals surface area contributed by atoms with Crippen LogP contribution in [0.1, 0.15) is 5.56 Å². The summed E-state index contributed by atoms with van der Waals surface area (Å²) >= 11 is 0. The number of hydrogen-bond donors (Lipinski definition) is 0. The van der Waals surface area contributed by atoms with Crippen LogP contribution >= 0.6 is 0 Å². The second-order valence-corrected chi connectivity index (χ2v) is 10.2. The second kappa shape index (κ2) is 10.5. The van der Waals surface area contributed by atoms with Crippen LogP contribution in [0.5, 0.6) is 0 Å². The highest BCUT2D eigenvalue weighted by atomic mass is 19.4. The maximum absolute atomic E-state index is 14.8.